The molecule has 3 amide bonds. The van der Waals surface area contributed by atoms with E-state index in [0.717, 1.165) is 64.2 Å². The molecule has 4 aliphatic rings. The largest absolute Gasteiger partial charge is 0.341 e. The zero-order valence-corrected chi connectivity index (χ0v) is 28.5. The first-order valence-corrected chi connectivity index (χ1v) is 18.0. The van der Waals surface area contributed by atoms with E-state index in [1.807, 2.05) is 13.8 Å². The SMILES string of the molecule is CC(C)n1nccc1C(=O)N[C@H](C(=O)Nc1ccc([C@H](C)C(=O)N2CC3(C2)CC(F)(F)C3)cc1F)C(C1CCCCC1)C1CCCCC1. The van der Waals surface area contributed by atoms with Crippen LogP contribution >= 0.6 is 0 Å². The molecule has 2 heterocycles. The van der Waals surface area contributed by atoms with E-state index in [2.05, 4.69) is 15.7 Å². The Labute approximate surface area is 281 Å². The zero-order valence-electron chi connectivity index (χ0n) is 28.5. The van der Waals surface area contributed by atoms with Gasteiger partial charge in [0.2, 0.25) is 17.7 Å². The van der Waals surface area contributed by atoms with Crippen LogP contribution < -0.4 is 10.6 Å². The lowest BCUT2D eigenvalue weighted by Crippen LogP contribution is -2.67. The quantitative estimate of drug-likeness (QED) is 0.274. The molecular weight excluding hydrogens is 619 g/mol. The van der Waals surface area contributed by atoms with Crippen LogP contribution in [-0.4, -0.2) is 57.5 Å². The third-order valence-electron chi connectivity index (χ3n) is 11.5. The molecule has 1 spiro atoms. The minimum Gasteiger partial charge on any atom is -0.341 e. The number of likely N-dealkylation sites (tertiary alicyclic amines) is 1. The van der Waals surface area contributed by atoms with Crippen LogP contribution in [0, 0.1) is 29.0 Å². The topological polar surface area (TPSA) is 96.3 Å². The Morgan fingerprint density at radius 1 is 0.896 bits per heavy atom. The fourth-order valence-corrected chi connectivity index (χ4v) is 9.14. The van der Waals surface area contributed by atoms with Crippen molar-refractivity contribution in [1.29, 1.82) is 0 Å². The standard InChI is InChI=1S/C37H50F3N5O3/c1-23(2)45-30(16-17-41-45)33(46)43-32(31(25-10-6-4-7-11-25)26-12-8-5-9-13-26)34(47)42-29-15-14-27(18-28(29)38)24(3)35(48)44-21-36(22-44)19-37(39,40)20-36/h14-18,23-26,31-32H,4-13,19-22H2,1-3H3,(H,42,47)(H,43,46)/t24-,32-/m0/s1. The highest BCUT2D eigenvalue weighted by molar-refractivity contribution is 6.01. The number of nitrogens with one attached hydrogen (secondary N) is 2. The number of nitrogens with zero attached hydrogens (tertiary/aromatic N) is 3. The monoisotopic (exact) mass is 669 g/mol. The van der Waals surface area contributed by atoms with Gasteiger partial charge in [0, 0.05) is 43.6 Å². The van der Waals surface area contributed by atoms with Crippen LogP contribution in [0.25, 0.3) is 0 Å². The van der Waals surface area contributed by atoms with Crippen molar-refractivity contribution >= 4 is 23.4 Å². The predicted molar refractivity (Wildman–Crippen MR) is 177 cm³/mol. The van der Waals surface area contributed by atoms with E-state index in [4.69, 9.17) is 0 Å². The summed E-state index contributed by atoms with van der Waals surface area (Å²) in [6, 6.07) is 5.11. The lowest BCUT2D eigenvalue weighted by molar-refractivity contribution is -0.215. The first-order chi connectivity index (χ1) is 22.9. The third-order valence-corrected chi connectivity index (χ3v) is 11.5. The molecule has 0 radical (unpaired) electrons. The molecule has 0 bridgehead atoms. The molecule has 48 heavy (non-hydrogen) atoms. The van der Waals surface area contributed by atoms with Gasteiger partial charge in [0.05, 0.1) is 11.6 Å². The number of amides is 3. The minimum absolute atomic E-state index is 0.0134. The number of benzene rings is 1. The molecule has 4 fully saturated rings. The number of alkyl halides is 2. The predicted octanol–water partition coefficient (Wildman–Crippen LogP) is 7.48. The van der Waals surface area contributed by atoms with Gasteiger partial charge in [-0.25, -0.2) is 13.2 Å². The zero-order chi connectivity index (χ0) is 34.2. The Balaban J connectivity index is 1.21. The molecule has 2 aromatic rings. The smallest absolute Gasteiger partial charge is 0.270 e. The number of anilines is 1. The van der Waals surface area contributed by atoms with E-state index in [-0.39, 0.29) is 54.1 Å². The summed E-state index contributed by atoms with van der Waals surface area (Å²) in [6.07, 6.45) is 11.9. The van der Waals surface area contributed by atoms with Gasteiger partial charge in [-0.2, -0.15) is 5.10 Å². The molecule has 0 unspecified atom stereocenters. The fraction of sp³-hybridized carbons (Fsp3) is 0.676. The van der Waals surface area contributed by atoms with Crippen LogP contribution in [0.3, 0.4) is 0 Å². The Kier molecular flexibility index (Phi) is 9.96. The molecule has 2 atom stereocenters. The van der Waals surface area contributed by atoms with Gasteiger partial charge in [-0.3, -0.25) is 19.1 Å². The second kappa shape index (κ2) is 13.9. The summed E-state index contributed by atoms with van der Waals surface area (Å²) in [4.78, 5) is 42.8. The molecule has 6 rings (SSSR count). The van der Waals surface area contributed by atoms with Crippen LogP contribution in [0.1, 0.15) is 126 Å². The Morgan fingerprint density at radius 3 is 2.04 bits per heavy atom. The van der Waals surface area contributed by atoms with Crippen LogP contribution in [-0.2, 0) is 9.59 Å². The maximum absolute atomic E-state index is 15.7. The van der Waals surface area contributed by atoms with Gasteiger partial charge >= 0.3 is 0 Å². The second-order valence-corrected chi connectivity index (χ2v) is 15.4. The average molecular weight is 670 g/mol. The highest BCUT2D eigenvalue weighted by Gasteiger charge is 2.62. The Hall–Kier alpha value is -3.37. The third kappa shape index (κ3) is 7.15. The van der Waals surface area contributed by atoms with E-state index in [1.165, 1.54) is 12.1 Å². The van der Waals surface area contributed by atoms with E-state index in [0.29, 0.717) is 24.3 Å². The Morgan fingerprint density at radius 2 is 1.50 bits per heavy atom. The number of carbonyl (C=O) groups excluding carboxylic acids is 3. The van der Waals surface area contributed by atoms with Crippen LogP contribution in [0.2, 0.25) is 0 Å². The van der Waals surface area contributed by atoms with Gasteiger partial charge in [-0.05, 0) is 62.3 Å². The van der Waals surface area contributed by atoms with Crippen molar-refractivity contribution in [3.05, 3.63) is 47.5 Å². The van der Waals surface area contributed by atoms with Gasteiger partial charge in [0.1, 0.15) is 17.6 Å². The average Bonchev–Trinajstić information content (AvgIpc) is 3.54. The molecule has 3 aliphatic carbocycles. The summed E-state index contributed by atoms with van der Waals surface area (Å²) in [5, 5.41) is 10.2. The second-order valence-electron chi connectivity index (χ2n) is 15.4. The van der Waals surface area contributed by atoms with Gasteiger partial charge in [0.15, 0.2) is 0 Å². The van der Waals surface area contributed by atoms with Crippen LogP contribution in [0.4, 0.5) is 18.9 Å². The Bertz CT molecular complexity index is 1460. The first kappa shape index (κ1) is 34.5. The lowest BCUT2D eigenvalue weighted by atomic mass is 9.61. The maximum atomic E-state index is 15.7. The number of halogens is 3. The molecule has 262 valence electrons. The van der Waals surface area contributed by atoms with Crippen molar-refractivity contribution in [2.24, 2.45) is 23.2 Å². The summed E-state index contributed by atoms with van der Waals surface area (Å²) in [6.45, 7) is 6.17. The van der Waals surface area contributed by atoms with Gasteiger partial charge < -0.3 is 15.5 Å². The van der Waals surface area contributed by atoms with Crippen molar-refractivity contribution in [3.63, 3.8) is 0 Å². The van der Waals surface area contributed by atoms with Gasteiger partial charge in [-0.15, -0.1) is 0 Å². The molecule has 2 N–H and O–H groups in total. The van der Waals surface area contributed by atoms with Crippen molar-refractivity contribution < 1.29 is 27.6 Å². The summed E-state index contributed by atoms with van der Waals surface area (Å²) in [7, 11) is 0. The number of aromatic nitrogens is 2. The van der Waals surface area contributed by atoms with E-state index in [9.17, 15) is 23.2 Å². The van der Waals surface area contributed by atoms with Crippen LogP contribution in [0.15, 0.2) is 30.5 Å². The summed E-state index contributed by atoms with van der Waals surface area (Å²) >= 11 is 0. The van der Waals surface area contributed by atoms with Gasteiger partial charge in [0.25, 0.3) is 5.91 Å². The normalized spacial score (nSPS) is 22.2. The molecule has 11 heteroatoms. The molecule has 1 saturated heterocycles. The summed E-state index contributed by atoms with van der Waals surface area (Å²) < 4.78 is 44.2. The highest BCUT2D eigenvalue weighted by Crippen LogP contribution is 2.57. The minimum atomic E-state index is -2.64. The molecular formula is C37H50F3N5O3. The molecule has 1 aromatic carbocycles. The van der Waals surface area contributed by atoms with Crippen molar-refractivity contribution in [2.75, 3.05) is 18.4 Å². The maximum Gasteiger partial charge on any atom is 0.270 e. The van der Waals surface area contributed by atoms with Crippen molar-refractivity contribution in [1.82, 2.24) is 20.0 Å². The summed E-state index contributed by atoms with van der Waals surface area (Å²) in [5.74, 6) is -4.55. The number of rotatable bonds is 10. The highest BCUT2D eigenvalue weighted by atomic mass is 19.3. The number of carbonyl (C=O) groups is 3. The fourth-order valence-electron chi connectivity index (χ4n) is 9.14. The van der Waals surface area contributed by atoms with Crippen molar-refractivity contribution in [3.8, 4) is 0 Å². The lowest BCUT2D eigenvalue weighted by Gasteiger charge is -2.58. The van der Waals surface area contributed by atoms with E-state index in [1.54, 1.807) is 34.8 Å². The molecule has 1 aliphatic heterocycles. The van der Waals surface area contributed by atoms with Crippen molar-refractivity contribution in [2.45, 2.75) is 122 Å². The van der Waals surface area contributed by atoms with Crippen LogP contribution in [0.5, 0.6) is 0 Å². The number of hydrogen-bond donors (Lipinski definition) is 2. The molecule has 1 aromatic heterocycles. The molecule has 8 nitrogen and oxygen atoms in total. The summed E-state index contributed by atoms with van der Waals surface area (Å²) in [5.41, 5.74) is 0.332. The first-order valence-electron chi connectivity index (χ1n) is 18.0. The molecule has 3 saturated carbocycles. The van der Waals surface area contributed by atoms with E-state index < -0.39 is 35.0 Å². The van der Waals surface area contributed by atoms with Gasteiger partial charge in [-0.1, -0.05) is 70.3 Å². The van der Waals surface area contributed by atoms with E-state index >= 15 is 4.39 Å². The number of hydrogen-bond acceptors (Lipinski definition) is 4.